The quantitative estimate of drug-likeness (QED) is 0.585. The molecule has 4 rings (SSSR count). The van der Waals surface area contributed by atoms with Gasteiger partial charge in [0.2, 0.25) is 5.75 Å². The molecule has 1 atom stereocenters. The molecule has 0 spiro atoms. The van der Waals surface area contributed by atoms with Crippen molar-refractivity contribution in [3.63, 3.8) is 0 Å². The van der Waals surface area contributed by atoms with Crippen LogP contribution in [0.2, 0.25) is 0 Å². The van der Waals surface area contributed by atoms with Crippen molar-refractivity contribution in [1.29, 1.82) is 0 Å². The Hall–Kier alpha value is -3.68. The number of para-hydroxylation sites is 1. The molecule has 0 bridgehead atoms. The summed E-state index contributed by atoms with van der Waals surface area (Å²) in [5, 5.41) is 11.5. The molecule has 0 unspecified atom stereocenters. The molecule has 0 saturated heterocycles. The zero-order valence-corrected chi connectivity index (χ0v) is 17.3. The van der Waals surface area contributed by atoms with Gasteiger partial charge in [0.1, 0.15) is 19.0 Å². The molecule has 8 nitrogen and oxygen atoms in total. The van der Waals surface area contributed by atoms with E-state index in [4.69, 9.17) is 18.9 Å². The first kappa shape index (κ1) is 20.6. The van der Waals surface area contributed by atoms with E-state index in [2.05, 4.69) is 4.98 Å². The lowest BCUT2D eigenvalue weighted by atomic mass is 9.87. The molecule has 1 aliphatic heterocycles. The van der Waals surface area contributed by atoms with Gasteiger partial charge in [-0.25, -0.2) is 0 Å². The summed E-state index contributed by atoms with van der Waals surface area (Å²) in [6.45, 7) is 2.67. The third-order valence-electron chi connectivity index (χ3n) is 5.21. The Morgan fingerprint density at radius 2 is 2.00 bits per heavy atom. The number of H-pyrrole nitrogens is 1. The van der Waals surface area contributed by atoms with E-state index >= 15 is 0 Å². The van der Waals surface area contributed by atoms with Gasteiger partial charge in [0.25, 0.3) is 5.56 Å². The Kier molecular flexibility index (Phi) is 5.70. The number of esters is 1. The minimum atomic E-state index is -0.794. The fourth-order valence-electron chi connectivity index (χ4n) is 3.83. The first-order chi connectivity index (χ1) is 15.0. The summed E-state index contributed by atoms with van der Waals surface area (Å²) in [4.78, 5) is 28.2. The van der Waals surface area contributed by atoms with Crippen LogP contribution in [0, 0.1) is 0 Å². The van der Waals surface area contributed by atoms with E-state index in [9.17, 15) is 14.7 Å². The number of hydrogen-bond donors (Lipinski definition) is 2. The number of ether oxygens (including phenoxy) is 4. The summed E-state index contributed by atoms with van der Waals surface area (Å²) >= 11 is 0. The molecule has 2 N–H and O–H groups in total. The van der Waals surface area contributed by atoms with Crippen LogP contribution in [0.15, 0.2) is 41.2 Å². The number of aromatic amines is 1. The van der Waals surface area contributed by atoms with Gasteiger partial charge in [-0.15, -0.1) is 0 Å². The van der Waals surface area contributed by atoms with Gasteiger partial charge in [-0.3, -0.25) is 9.59 Å². The number of nitrogens with one attached hydrogen (secondary N) is 1. The summed E-state index contributed by atoms with van der Waals surface area (Å²) in [6.07, 6.45) is -0.147. The maximum atomic E-state index is 13.0. The van der Waals surface area contributed by atoms with Gasteiger partial charge in [-0.05, 0) is 36.8 Å². The van der Waals surface area contributed by atoms with Crippen LogP contribution in [-0.4, -0.2) is 43.0 Å². The molecule has 1 aliphatic rings. The summed E-state index contributed by atoms with van der Waals surface area (Å²) in [5.74, 6) is -0.138. The molecule has 0 radical (unpaired) electrons. The van der Waals surface area contributed by atoms with Crippen LogP contribution in [0.25, 0.3) is 10.9 Å². The van der Waals surface area contributed by atoms with Gasteiger partial charge in [0.05, 0.1) is 31.2 Å². The van der Waals surface area contributed by atoms with Crippen LogP contribution in [-0.2, 0) is 9.53 Å². The maximum Gasteiger partial charge on any atom is 0.306 e. The van der Waals surface area contributed by atoms with Crippen LogP contribution >= 0.6 is 0 Å². The number of pyridine rings is 1. The number of carbonyl (C=O) groups excluding carboxylic acids is 1. The minimum Gasteiger partial charge on any atom is -0.507 e. The number of rotatable bonds is 6. The smallest absolute Gasteiger partial charge is 0.306 e. The normalized spacial score (nSPS) is 13.6. The third-order valence-corrected chi connectivity index (χ3v) is 5.21. The number of carbonyl (C=O) groups is 1. The number of fused-ring (bicyclic) bond motifs is 2. The van der Waals surface area contributed by atoms with Gasteiger partial charge in [-0.2, -0.15) is 0 Å². The highest BCUT2D eigenvalue weighted by molar-refractivity contribution is 5.86. The van der Waals surface area contributed by atoms with Crippen LogP contribution < -0.4 is 19.8 Å². The van der Waals surface area contributed by atoms with Crippen molar-refractivity contribution < 1.29 is 28.8 Å². The second kappa shape index (κ2) is 8.59. The molecule has 31 heavy (non-hydrogen) atoms. The molecule has 8 heteroatoms. The predicted molar refractivity (Wildman–Crippen MR) is 113 cm³/mol. The number of aromatic hydroxyl groups is 1. The lowest BCUT2D eigenvalue weighted by Crippen LogP contribution is -2.22. The van der Waals surface area contributed by atoms with E-state index < -0.39 is 17.4 Å². The molecule has 0 fully saturated rings. The van der Waals surface area contributed by atoms with Crippen LogP contribution in [0.3, 0.4) is 0 Å². The number of hydrogen-bond acceptors (Lipinski definition) is 7. The zero-order valence-electron chi connectivity index (χ0n) is 17.3. The van der Waals surface area contributed by atoms with Crippen LogP contribution in [0.1, 0.15) is 30.4 Å². The van der Waals surface area contributed by atoms with E-state index in [1.165, 1.54) is 7.11 Å². The first-order valence-electron chi connectivity index (χ1n) is 10.0. The Balaban J connectivity index is 1.92. The Bertz CT molecular complexity index is 1170. The standard InChI is InChI=1S/C23H23NO7/c1-3-29-19(25)12-15(13-10-17(28-2)22-18(11-13)30-8-9-31-22)20-21(26)14-6-4-5-7-16(14)24-23(20)27/h4-7,10-11,15H,3,8-9,12H2,1-2H3,(H2,24,26,27)/t15-/m1/s1. The molecule has 0 amide bonds. The fourth-order valence-corrected chi connectivity index (χ4v) is 3.83. The summed E-state index contributed by atoms with van der Waals surface area (Å²) in [6, 6.07) is 10.3. The van der Waals surface area contributed by atoms with E-state index in [0.29, 0.717) is 46.9 Å². The topological polar surface area (TPSA) is 107 Å². The van der Waals surface area contributed by atoms with Crippen molar-refractivity contribution in [2.45, 2.75) is 19.3 Å². The van der Waals surface area contributed by atoms with Crippen molar-refractivity contribution in [2.75, 3.05) is 26.9 Å². The van der Waals surface area contributed by atoms with E-state index in [1.54, 1.807) is 43.3 Å². The lowest BCUT2D eigenvalue weighted by Gasteiger charge is -2.24. The van der Waals surface area contributed by atoms with E-state index in [1.807, 2.05) is 0 Å². The Morgan fingerprint density at radius 1 is 1.23 bits per heavy atom. The number of methoxy groups -OCH3 is 1. The highest BCUT2D eigenvalue weighted by Crippen LogP contribution is 2.44. The zero-order chi connectivity index (χ0) is 22.0. The molecular formula is C23H23NO7. The van der Waals surface area contributed by atoms with Gasteiger partial charge in [-0.1, -0.05) is 12.1 Å². The molecule has 2 aromatic carbocycles. The molecule has 1 aromatic heterocycles. The fraction of sp³-hybridized carbons (Fsp3) is 0.304. The monoisotopic (exact) mass is 425 g/mol. The van der Waals surface area contributed by atoms with Crippen molar-refractivity contribution in [1.82, 2.24) is 4.98 Å². The van der Waals surface area contributed by atoms with Gasteiger partial charge in [0.15, 0.2) is 11.5 Å². The average molecular weight is 425 g/mol. The van der Waals surface area contributed by atoms with Crippen molar-refractivity contribution >= 4 is 16.9 Å². The van der Waals surface area contributed by atoms with Crippen LogP contribution in [0.4, 0.5) is 0 Å². The van der Waals surface area contributed by atoms with Gasteiger partial charge >= 0.3 is 5.97 Å². The van der Waals surface area contributed by atoms with Crippen molar-refractivity contribution in [3.05, 3.63) is 57.9 Å². The third kappa shape index (κ3) is 3.88. The summed E-state index contributed by atoms with van der Waals surface area (Å²) in [7, 11) is 1.50. The second-order valence-electron chi connectivity index (χ2n) is 7.07. The van der Waals surface area contributed by atoms with E-state index in [-0.39, 0.29) is 24.3 Å². The predicted octanol–water partition coefficient (Wildman–Crippen LogP) is 3.10. The summed E-state index contributed by atoms with van der Waals surface area (Å²) in [5.41, 5.74) is 0.651. The largest absolute Gasteiger partial charge is 0.507 e. The molecule has 162 valence electrons. The molecule has 3 aromatic rings. The maximum absolute atomic E-state index is 13.0. The average Bonchev–Trinajstić information content (AvgIpc) is 2.77. The summed E-state index contributed by atoms with van der Waals surface area (Å²) < 4.78 is 21.9. The van der Waals surface area contributed by atoms with Gasteiger partial charge < -0.3 is 29.0 Å². The molecule has 2 heterocycles. The molecular weight excluding hydrogens is 402 g/mol. The lowest BCUT2D eigenvalue weighted by molar-refractivity contribution is -0.143. The SMILES string of the molecule is CCOC(=O)C[C@H](c1cc(OC)c2c(c1)OCCO2)c1c(O)c2ccccc2[nH]c1=O. The van der Waals surface area contributed by atoms with Gasteiger partial charge in [0, 0.05) is 11.3 Å². The van der Waals surface area contributed by atoms with Crippen LogP contribution in [0.5, 0.6) is 23.0 Å². The van der Waals surface area contributed by atoms with E-state index in [0.717, 1.165) is 0 Å². The highest BCUT2D eigenvalue weighted by Gasteiger charge is 2.29. The highest BCUT2D eigenvalue weighted by atomic mass is 16.6. The minimum absolute atomic E-state index is 0.0745. The van der Waals surface area contributed by atoms with Crippen molar-refractivity contribution in [2.24, 2.45) is 0 Å². The second-order valence-corrected chi connectivity index (χ2v) is 7.07. The first-order valence-corrected chi connectivity index (χ1v) is 10.0. The Morgan fingerprint density at radius 3 is 2.77 bits per heavy atom. The number of aromatic nitrogens is 1. The molecule has 0 aliphatic carbocycles. The number of benzene rings is 2. The Labute approximate surface area is 178 Å². The molecule has 0 saturated carbocycles. The van der Waals surface area contributed by atoms with Crippen molar-refractivity contribution in [3.8, 4) is 23.0 Å².